The molecule has 4 rings (SSSR count). The first-order chi connectivity index (χ1) is 14.2. The van der Waals surface area contributed by atoms with Crippen LogP contribution < -0.4 is 0 Å². The van der Waals surface area contributed by atoms with Crippen LogP contribution >= 0.6 is 0 Å². The minimum atomic E-state index is -0.185. The Balaban J connectivity index is 1.46. The van der Waals surface area contributed by atoms with Gasteiger partial charge in [-0.25, -0.2) is 4.39 Å². The van der Waals surface area contributed by atoms with Gasteiger partial charge in [0.25, 0.3) is 0 Å². The molecule has 29 heavy (non-hydrogen) atoms. The highest BCUT2D eigenvalue weighted by Gasteiger charge is 2.08. The maximum absolute atomic E-state index is 14.8. The van der Waals surface area contributed by atoms with Crippen molar-refractivity contribution in [1.82, 2.24) is 0 Å². The van der Waals surface area contributed by atoms with Crippen LogP contribution in [-0.2, 0) is 19.3 Å². The highest BCUT2D eigenvalue weighted by Crippen LogP contribution is 2.28. The zero-order valence-electron chi connectivity index (χ0n) is 16.7. The third-order valence-electron chi connectivity index (χ3n) is 5.47. The lowest BCUT2D eigenvalue weighted by Gasteiger charge is -2.09. The fourth-order valence-corrected chi connectivity index (χ4v) is 3.64. The Bertz CT molecular complexity index is 1060. The standard InChI is InChI=1S/C28H25F/c1-2-21-8-10-22(11-9-21)12-13-23-14-16-25(17-15-23)27-19-18-26(20-28(27)29)24-6-4-3-5-7-24/h3-11,14-20H,2,12-13H2,1H3. The van der Waals surface area contributed by atoms with Crippen molar-refractivity contribution >= 4 is 0 Å². The zero-order valence-corrected chi connectivity index (χ0v) is 16.7. The molecule has 0 aromatic heterocycles. The fourth-order valence-electron chi connectivity index (χ4n) is 3.64. The summed E-state index contributed by atoms with van der Waals surface area (Å²) in [5, 5.41) is 0. The van der Waals surface area contributed by atoms with E-state index in [-0.39, 0.29) is 5.82 Å². The molecule has 0 radical (unpaired) electrons. The van der Waals surface area contributed by atoms with Gasteiger partial charge in [0.15, 0.2) is 0 Å². The predicted molar refractivity (Wildman–Crippen MR) is 121 cm³/mol. The van der Waals surface area contributed by atoms with Crippen molar-refractivity contribution in [2.75, 3.05) is 0 Å². The van der Waals surface area contributed by atoms with Crippen molar-refractivity contribution < 1.29 is 4.39 Å². The van der Waals surface area contributed by atoms with Crippen LogP contribution in [-0.4, -0.2) is 0 Å². The normalized spacial score (nSPS) is 10.8. The Labute approximate surface area is 172 Å². The average molecular weight is 381 g/mol. The Morgan fingerprint density at radius 3 is 1.69 bits per heavy atom. The minimum absolute atomic E-state index is 0.185. The van der Waals surface area contributed by atoms with E-state index in [0.29, 0.717) is 5.56 Å². The van der Waals surface area contributed by atoms with Crippen LogP contribution in [0.25, 0.3) is 22.3 Å². The molecule has 0 saturated carbocycles. The first kappa shape index (κ1) is 19.1. The summed E-state index contributed by atoms with van der Waals surface area (Å²) >= 11 is 0. The molecule has 0 unspecified atom stereocenters. The third kappa shape index (κ3) is 4.63. The molecule has 0 bridgehead atoms. The second-order valence-electron chi connectivity index (χ2n) is 7.43. The van der Waals surface area contributed by atoms with Gasteiger partial charge in [-0.05, 0) is 58.7 Å². The SMILES string of the molecule is CCc1ccc(CCc2ccc(-c3ccc(-c4ccccc4)cc3F)cc2)cc1. The maximum atomic E-state index is 14.8. The molecule has 0 fully saturated rings. The van der Waals surface area contributed by atoms with Crippen molar-refractivity contribution in [2.45, 2.75) is 26.2 Å². The van der Waals surface area contributed by atoms with E-state index in [1.807, 2.05) is 54.6 Å². The number of halogens is 1. The van der Waals surface area contributed by atoms with Crippen LogP contribution in [0.4, 0.5) is 4.39 Å². The molecule has 0 amide bonds. The lowest BCUT2D eigenvalue weighted by molar-refractivity contribution is 0.632. The lowest BCUT2D eigenvalue weighted by Crippen LogP contribution is -1.92. The van der Waals surface area contributed by atoms with Crippen LogP contribution in [0.3, 0.4) is 0 Å². The van der Waals surface area contributed by atoms with E-state index in [1.165, 1.54) is 16.7 Å². The molecule has 144 valence electrons. The van der Waals surface area contributed by atoms with E-state index >= 15 is 0 Å². The number of aryl methyl sites for hydroxylation is 3. The Hall–Kier alpha value is -3.19. The number of hydrogen-bond acceptors (Lipinski definition) is 0. The smallest absolute Gasteiger partial charge is 0.131 e. The average Bonchev–Trinajstić information content (AvgIpc) is 2.79. The van der Waals surface area contributed by atoms with Crippen molar-refractivity contribution in [3.8, 4) is 22.3 Å². The summed E-state index contributed by atoms with van der Waals surface area (Å²) in [6.07, 6.45) is 3.08. The predicted octanol–water partition coefficient (Wildman–Crippen LogP) is 7.51. The molecule has 0 aliphatic carbocycles. The molecule has 0 saturated heterocycles. The molecular weight excluding hydrogens is 355 g/mol. The van der Waals surface area contributed by atoms with Gasteiger partial charge in [-0.1, -0.05) is 97.9 Å². The third-order valence-corrected chi connectivity index (χ3v) is 5.47. The molecule has 0 heterocycles. The van der Waals surface area contributed by atoms with Crippen molar-refractivity contribution in [2.24, 2.45) is 0 Å². The van der Waals surface area contributed by atoms with Crippen molar-refractivity contribution in [3.05, 3.63) is 120 Å². The van der Waals surface area contributed by atoms with Gasteiger partial charge in [0, 0.05) is 5.56 Å². The molecule has 0 N–H and O–H groups in total. The molecule has 0 aliphatic heterocycles. The van der Waals surface area contributed by atoms with Crippen LogP contribution in [0.15, 0.2) is 97.1 Å². The van der Waals surface area contributed by atoms with Crippen LogP contribution in [0, 0.1) is 5.82 Å². The monoisotopic (exact) mass is 380 g/mol. The highest BCUT2D eigenvalue weighted by molar-refractivity contribution is 5.71. The van der Waals surface area contributed by atoms with Gasteiger partial charge in [0.2, 0.25) is 0 Å². The summed E-state index contributed by atoms with van der Waals surface area (Å²) in [7, 11) is 0. The van der Waals surface area contributed by atoms with Gasteiger partial charge in [-0.2, -0.15) is 0 Å². The number of rotatable bonds is 6. The van der Waals surface area contributed by atoms with Crippen LogP contribution in [0.1, 0.15) is 23.6 Å². The van der Waals surface area contributed by atoms with Gasteiger partial charge < -0.3 is 0 Å². The minimum Gasteiger partial charge on any atom is -0.206 e. The van der Waals surface area contributed by atoms with Crippen LogP contribution in [0.5, 0.6) is 0 Å². The van der Waals surface area contributed by atoms with E-state index in [1.54, 1.807) is 6.07 Å². The first-order valence-corrected chi connectivity index (χ1v) is 10.2. The summed E-state index contributed by atoms with van der Waals surface area (Å²) in [5.41, 5.74) is 7.49. The van der Waals surface area contributed by atoms with E-state index in [2.05, 4.69) is 43.3 Å². The molecule has 1 heteroatoms. The van der Waals surface area contributed by atoms with Gasteiger partial charge in [-0.15, -0.1) is 0 Å². The summed E-state index contributed by atoms with van der Waals surface area (Å²) in [4.78, 5) is 0. The second-order valence-corrected chi connectivity index (χ2v) is 7.43. The molecule has 4 aromatic carbocycles. The first-order valence-electron chi connectivity index (χ1n) is 10.2. The quantitative estimate of drug-likeness (QED) is 0.325. The van der Waals surface area contributed by atoms with E-state index in [0.717, 1.165) is 36.0 Å². The maximum Gasteiger partial charge on any atom is 0.131 e. The lowest BCUT2D eigenvalue weighted by atomic mass is 9.97. The van der Waals surface area contributed by atoms with E-state index in [4.69, 9.17) is 0 Å². The summed E-state index contributed by atoms with van der Waals surface area (Å²) in [6, 6.07) is 32.5. The zero-order chi connectivity index (χ0) is 20.1. The van der Waals surface area contributed by atoms with E-state index in [9.17, 15) is 4.39 Å². The molecule has 0 atom stereocenters. The van der Waals surface area contributed by atoms with Crippen molar-refractivity contribution in [3.63, 3.8) is 0 Å². The Kier molecular flexibility index (Phi) is 5.86. The molecule has 0 aliphatic rings. The Morgan fingerprint density at radius 1 is 0.552 bits per heavy atom. The van der Waals surface area contributed by atoms with Gasteiger partial charge >= 0.3 is 0 Å². The van der Waals surface area contributed by atoms with Crippen LogP contribution in [0.2, 0.25) is 0 Å². The van der Waals surface area contributed by atoms with Gasteiger partial charge in [-0.3, -0.25) is 0 Å². The topological polar surface area (TPSA) is 0 Å². The van der Waals surface area contributed by atoms with E-state index < -0.39 is 0 Å². The summed E-state index contributed by atoms with van der Waals surface area (Å²) in [6.45, 7) is 2.18. The summed E-state index contributed by atoms with van der Waals surface area (Å²) in [5.74, 6) is -0.185. The largest absolute Gasteiger partial charge is 0.206 e. The number of hydrogen-bond donors (Lipinski definition) is 0. The highest BCUT2D eigenvalue weighted by atomic mass is 19.1. The molecular formula is C28H25F. The summed E-state index contributed by atoms with van der Waals surface area (Å²) < 4.78 is 14.8. The van der Waals surface area contributed by atoms with Gasteiger partial charge in [0.05, 0.1) is 0 Å². The Morgan fingerprint density at radius 2 is 1.10 bits per heavy atom. The fraction of sp³-hybridized carbons (Fsp3) is 0.143. The molecule has 0 nitrogen and oxygen atoms in total. The second kappa shape index (κ2) is 8.87. The van der Waals surface area contributed by atoms with Crippen molar-refractivity contribution in [1.29, 1.82) is 0 Å². The molecule has 0 spiro atoms. The number of benzene rings is 4. The van der Waals surface area contributed by atoms with Gasteiger partial charge in [0.1, 0.15) is 5.82 Å². The molecule has 4 aromatic rings.